The minimum atomic E-state index is -0.133. The Morgan fingerprint density at radius 3 is 2.63 bits per heavy atom. The van der Waals surface area contributed by atoms with E-state index in [0.29, 0.717) is 0 Å². The summed E-state index contributed by atoms with van der Waals surface area (Å²) >= 11 is 0. The third-order valence-electron chi connectivity index (χ3n) is 3.68. The number of rotatable bonds is 4. The second kappa shape index (κ2) is 6.68. The molecule has 104 valence electrons. The van der Waals surface area contributed by atoms with Crippen molar-refractivity contribution in [3.05, 3.63) is 35.4 Å². The van der Waals surface area contributed by atoms with Crippen LogP contribution in [0.2, 0.25) is 0 Å². The molecule has 0 amide bonds. The highest BCUT2D eigenvalue weighted by atomic mass is 16.5. The quantitative estimate of drug-likeness (QED) is 0.840. The summed E-state index contributed by atoms with van der Waals surface area (Å²) in [6.07, 6.45) is 3.09. The van der Waals surface area contributed by atoms with E-state index in [0.717, 1.165) is 43.5 Å². The van der Waals surface area contributed by atoms with E-state index >= 15 is 0 Å². The van der Waals surface area contributed by atoms with Crippen molar-refractivity contribution in [3.8, 4) is 0 Å². The number of piperidine rings is 1. The Morgan fingerprint density at radius 1 is 1.32 bits per heavy atom. The lowest BCUT2D eigenvalue weighted by Gasteiger charge is -2.33. The van der Waals surface area contributed by atoms with Crippen LogP contribution in [0.25, 0.3) is 0 Å². The van der Waals surface area contributed by atoms with Crippen LogP contribution < -0.4 is 0 Å². The molecule has 1 aromatic rings. The fourth-order valence-electron chi connectivity index (χ4n) is 2.57. The number of carbonyl (C=O) groups is 1. The zero-order chi connectivity index (χ0) is 13.7. The Morgan fingerprint density at radius 2 is 2.00 bits per heavy atom. The minimum absolute atomic E-state index is 0.0643. The highest BCUT2D eigenvalue weighted by molar-refractivity contribution is 5.75. The Kier molecular flexibility index (Phi) is 4.93. The zero-order valence-electron chi connectivity index (χ0n) is 11.3. The molecule has 1 N–H and O–H groups in total. The van der Waals surface area contributed by atoms with Crippen molar-refractivity contribution in [1.29, 1.82) is 0 Å². The van der Waals surface area contributed by atoms with Gasteiger partial charge in [-0.2, -0.15) is 0 Å². The van der Waals surface area contributed by atoms with Gasteiger partial charge in [-0.1, -0.05) is 30.7 Å². The Hall–Kier alpha value is -1.39. The number of aliphatic hydroxyl groups is 1. The summed E-state index contributed by atoms with van der Waals surface area (Å²) in [5.41, 5.74) is 2.07. The van der Waals surface area contributed by atoms with Gasteiger partial charge in [0.2, 0.25) is 0 Å². The van der Waals surface area contributed by atoms with Crippen LogP contribution in [-0.2, 0) is 22.7 Å². The summed E-state index contributed by atoms with van der Waals surface area (Å²) in [5.74, 6) is -0.133. The number of aliphatic hydroxyl groups excluding tert-OH is 1. The summed E-state index contributed by atoms with van der Waals surface area (Å²) in [7, 11) is 1.45. The lowest BCUT2D eigenvalue weighted by atomic mass is 10.0. The van der Waals surface area contributed by atoms with Gasteiger partial charge >= 0.3 is 5.97 Å². The first-order chi connectivity index (χ1) is 9.24. The highest BCUT2D eigenvalue weighted by Crippen LogP contribution is 2.20. The average molecular weight is 263 g/mol. The third-order valence-corrected chi connectivity index (χ3v) is 3.68. The molecule has 0 unspecified atom stereocenters. The van der Waals surface area contributed by atoms with Gasteiger partial charge in [0, 0.05) is 6.54 Å². The van der Waals surface area contributed by atoms with Crippen LogP contribution in [0.3, 0.4) is 0 Å². The normalized spacial score (nSPS) is 20.2. The lowest BCUT2D eigenvalue weighted by Crippen LogP contribution is -2.44. The first-order valence-electron chi connectivity index (χ1n) is 6.75. The van der Waals surface area contributed by atoms with E-state index in [1.165, 1.54) is 7.11 Å². The number of methoxy groups -OCH3 is 1. The highest BCUT2D eigenvalue weighted by Gasteiger charge is 2.29. The Labute approximate surface area is 114 Å². The first-order valence-corrected chi connectivity index (χ1v) is 6.75. The van der Waals surface area contributed by atoms with E-state index < -0.39 is 0 Å². The Balaban J connectivity index is 2.03. The van der Waals surface area contributed by atoms with Crippen LogP contribution in [0.15, 0.2) is 24.3 Å². The molecule has 0 spiro atoms. The molecule has 1 aliphatic rings. The number of ether oxygens (including phenoxy) is 1. The third kappa shape index (κ3) is 3.55. The minimum Gasteiger partial charge on any atom is -0.468 e. The van der Waals surface area contributed by atoms with Crippen molar-refractivity contribution in [2.45, 2.75) is 38.5 Å². The van der Waals surface area contributed by atoms with E-state index in [-0.39, 0.29) is 18.6 Å². The van der Waals surface area contributed by atoms with E-state index in [9.17, 15) is 4.79 Å². The number of carbonyl (C=O) groups excluding carboxylic acids is 1. The van der Waals surface area contributed by atoms with Crippen molar-refractivity contribution in [3.63, 3.8) is 0 Å². The van der Waals surface area contributed by atoms with Crippen LogP contribution >= 0.6 is 0 Å². The van der Waals surface area contributed by atoms with Gasteiger partial charge < -0.3 is 9.84 Å². The van der Waals surface area contributed by atoms with Gasteiger partial charge in [0.15, 0.2) is 0 Å². The number of hydrogen-bond acceptors (Lipinski definition) is 4. The number of nitrogens with zero attached hydrogens (tertiary/aromatic N) is 1. The molecular formula is C15H21NO3. The van der Waals surface area contributed by atoms with Crippen LogP contribution in [-0.4, -0.2) is 35.7 Å². The fraction of sp³-hybridized carbons (Fsp3) is 0.533. The van der Waals surface area contributed by atoms with Crippen LogP contribution in [0.1, 0.15) is 30.4 Å². The van der Waals surface area contributed by atoms with Crippen molar-refractivity contribution in [2.24, 2.45) is 0 Å². The summed E-state index contributed by atoms with van der Waals surface area (Å²) in [5, 5.41) is 9.03. The zero-order valence-corrected chi connectivity index (χ0v) is 11.3. The van der Waals surface area contributed by atoms with Crippen molar-refractivity contribution >= 4 is 5.97 Å². The lowest BCUT2D eigenvalue weighted by molar-refractivity contribution is -0.148. The molecular weight excluding hydrogens is 242 g/mol. The first kappa shape index (κ1) is 14.0. The summed E-state index contributed by atoms with van der Waals surface area (Å²) in [6.45, 7) is 1.75. The predicted molar refractivity (Wildman–Crippen MR) is 72.4 cm³/mol. The number of benzene rings is 1. The monoisotopic (exact) mass is 263 g/mol. The molecule has 4 nitrogen and oxygen atoms in total. The molecule has 1 aromatic carbocycles. The second-order valence-electron chi connectivity index (χ2n) is 4.98. The number of likely N-dealkylation sites (tertiary alicyclic amines) is 1. The fourth-order valence-corrected chi connectivity index (χ4v) is 2.57. The molecule has 4 heteroatoms. The molecule has 0 aliphatic carbocycles. The topological polar surface area (TPSA) is 49.8 Å². The number of hydrogen-bond donors (Lipinski definition) is 1. The molecule has 0 radical (unpaired) electrons. The van der Waals surface area contributed by atoms with Gasteiger partial charge in [0.1, 0.15) is 6.04 Å². The van der Waals surface area contributed by atoms with Crippen molar-refractivity contribution in [1.82, 2.24) is 4.90 Å². The smallest absolute Gasteiger partial charge is 0.323 e. The van der Waals surface area contributed by atoms with E-state index in [2.05, 4.69) is 4.90 Å². The van der Waals surface area contributed by atoms with Gasteiger partial charge in [0.25, 0.3) is 0 Å². The van der Waals surface area contributed by atoms with E-state index in [1.807, 2.05) is 24.3 Å². The number of esters is 1. The SMILES string of the molecule is COC(=O)[C@H]1CCCCN1Cc1ccc(CO)cc1. The second-order valence-corrected chi connectivity index (χ2v) is 4.98. The molecule has 1 saturated heterocycles. The summed E-state index contributed by atoms with van der Waals surface area (Å²) < 4.78 is 4.88. The van der Waals surface area contributed by atoms with Gasteiger partial charge in [-0.3, -0.25) is 9.69 Å². The summed E-state index contributed by atoms with van der Waals surface area (Å²) in [6, 6.07) is 7.75. The maximum atomic E-state index is 11.8. The van der Waals surface area contributed by atoms with Gasteiger partial charge in [-0.15, -0.1) is 0 Å². The Bertz CT molecular complexity index is 416. The van der Waals surface area contributed by atoms with Gasteiger partial charge in [0.05, 0.1) is 13.7 Å². The molecule has 1 aliphatic heterocycles. The van der Waals surface area contributed by atoms with Gasteiger partial charge in [-0.05, 0) is 30.5 Å². The summed E-state index contributed by atoms with van der Waals surface area (Å²) in [4.78, 5) is 14.0. The largest absolute Gasteiger partial charge is 0.468 e. The average Bonchev–Trinajstić information content (AvgIpc) is 2.48. The van der Waals surface area contributed by atoms with Crippen LogP contribution in [0.5, 0.6) is 0 Å². The van der Waals surface area contributed by atoms with Crippen LogP contribution in [0, 0.1) is 0 Å². The molecule has 0 aromatic heterocycles. The van der Waals surface area contributed by atoms with Crippen molar-refractivity contribution < 1.29 is 14.6 Å². The molecule has 0 saturated carbocycles. The maximum absolute atomic E-state index is 11.8. The molecule has 1 atom stereocenters. The molecule has 1 fully saturated rings. The van der Waals surface area contributed by atoms with Crippen molar-refractivity contribution in [2.75, 3.05) is 13.7 Å². The maximum Gasteiger partial charge on any atom is 0.323 e. The van der Waals surface area contributed by atoms with E-state index in [4.69, 9.17) is 9.84 Å². The molecule has 2 rings (SSSR count). The van der Waals surface area contributed by atoms with Crippen LogP contribution in [0.4, 0.5) is 0 Å². The van der Waals surface area contributed by atoms with E-state index in [1.54, 1.807) is 0 Å². The van der Waals surface area contributed by atoms with Gasteiger partial charge in [-0.25, -0.2) is 0 Å². The predicted octanol–water partition coefficient (Wildman–Crippen LogP) is 1.71. The standard InChI is InChI=1S/C15H21NO3/c1-19-15(18)14-4-2-3-9-16(14)10-12-5-7-13(11-17)8-6-12/h5-8,14,17H,2-4,9-11H2,1H3/t14-/m1/s1. The molecule has 0 bridgehead atoms. The molecule has 1 heterocycles. The molecule has 19 heavy (non-hydrogen) atoms.